The molecule has 1 amide bonds. The minimum atomic E-state index is -0.257. The van der Waals surface area contributed by atoms with Crippen LogP contribution < -0.4 is 0 Å². The van der Waals surface area contributed by atoms with E-state index in [-0.39, 0.29) is 11.7 Å². The quantitative estimate of drug-likeness (QED) is 0.651. The fourth-order valence-electron chi connectivity index (χ4n) is 2.52. The van der Waals surface area contributed by atoms with Crippen molar-refractivity contribution in [2.24, 2.45) is 0 Å². The molecule has 0 fully saturated rings. The van der Waals surface area contributed by atoms with Gasteiger partial charge in [-0.25, -0.2) is 9.37 Å². The highest BCUT2D eigenvalue weighted by atomic mass is 32.1. The zero-order valence-electron chi connectivity index (χ0n) is 14.0. The fraction of sp³-hybridized carbons (Fsp3) is 0.200. The van der Waals surface area contributed by atoms with Crippen molar-refractivity contribution in [3.8, 4) is 10.6 Å². The maximum Gasteiger partial charge on any atom is 0.223 e. The fourth-order valence-corrected chi connectivity index (χ4v) is 3.38. The summed E-state index contributed by atoms with van der Waals surface area (Å²) in [7, 11) is 1.82. The van der Waals surface area contributed by atoms with Crippen LogP contribution >= 0.6 is 11.3 Å². The Labute approximate surface area is 150 Å². The van der Waals surface area contributed by atoms with Crippen LogP contribution in [0.25, 0.3) is 10.6 Å². The van der Waals surface area contributed by atoms with Gasteiger partial charge in [-0.2, -0.15) is 0 Å². The number of rotatable bonds is 6. The summed E-state index contributed by atoms with van der Waals surface area (Å²) in [5.41, 5.74) is 2.90. The molecule has 0 N–H and O–H groups in total. The summed E-state index contributed by atoms with van der Waals surface area (Å²) in [6, 6.07) is 16.2. The average Bonchev–Trinajstić information content (AvgIpc) is 3.10. The van der Waals surface area contributed by atoms with Gasteiger partial charge in [-0.15, -0.1) is 11.3 Å². The van der Waals surface area contributed by atoms with Crippen LogP contribution in [0.15, 0.2) is 60.0 Å². The highest BCUT2D eigenvalue weighted by Crippen LogP contribution is 2.24. The van der Waals surface area contributed by atoms with Crippen molar-refractivity contribution in [1.82, 2.24) is 9.88 Å². The maximum atomic E-state index is 13.0. The van der Waals surface area contributed by atoms with E-state index in [1.807, 2.05) is 42.8 Å². The SMILES string of the molecule is CN(Cc1ccccc1)C(=O)CCc1csc(-c2ccc(F)cc2)n1. The standard InChI is InChI=1S/C20H19FN2OS/c1-23(13-15-5-3-2-4-6-15)19(24)12-11-18-14-25-20(22-18)16-7-9-17(21)10-8-16/h2-10,14H,11-13H2,1H3. The molecule has 0 radical (unpaired) electrons. The summed E-state index contributed by atoms with van der Waals surface area (Å²) in [5, 5.41) is 2.81. The lowest BCUT2D eigenvalue weighted by atomic mass is 10.2. The minimum Gasteiger partial charge on any atom is -0.341 e. The molecule has 3 nitrogen and oxygen atoms in total. The van der Waals surface area contributed by atoms with E-state index >= 15 is 0 Å². The molecule has 0 bridgehead atoms. The number of benzene rings is 2. The molecule has 25 heavy (non-hydrogen) atoms. The second-order valence-corrected chi connectivity index (χ2v) is 6.74. The van der Waals surface area contributed by atoms with Gasteiger partial charge < -0.3 is 4.90 Å². The summed E-state index contributed by atoms with van der Waals surface area (Å²) >= 11 is 1.51. The Bertz CT molecular complexity index is 830. The van der Waals surface area contributed by atoms with Crippen LogP contribution in [-0.2, 0) is 17.8 Å². The molecule has 5 heteroatoms. The van der Waals surface area contributed by atoms with Crippen molar-refractivity contribution in [3.63, 3.8) is 0 Å². The van der Waals surface area contributed by atoms with Crippen molar-refractivity contribution < 1.29 is 9.18 Å². The third-order valence-corrected chi connectivity index (χ3v) is 4.87. The smallest absolute Gasteiger partial charge is 0.223 e. The molecule has 0 saturated heterocycles. The molecule has 2 aromatic carbocycles. The van der Waals surface area contributed by atoms with Gasteiger partial charge in [0.2, 0.25) is 5.91 Å². The normalized spacial score (nSPS) is 10.6. The number of carbonyl (C=O) groups is 1. The Hall–Kier alpha value is -2.53. The summed E-state index contributed by atoms with van der Waals surface area (Å²) in [6.07, 6.45) is 1.03. The summed E-state index contributed by atoms with van der Waals surface area (Å²) in [4.78, 5) is 18.6. The van der Waals surface area contributed by atoms with Crippen LogP contribution in [-0.4, -0.2) is 22.8 Å². The maximum absolute atomic E-state index is 13.0. The number of hydrogen-bond donors (Lipinski definition) is 0. The van der Waals surface area contributed by atoms with Crippen molar-refractivity contribution in [2.45, 2.75) is 19.4 Å². The van der Waals surface area contributed by atoms with Gasteiger partial charge in [0.05, 0.1) is 5.69 Å². The van der Waals surface area contributed by atoms with Gasteiger partial charge in [0.1, 0.15) is 10.8 Å². The van der Waals surface area contributed by atoms with Crippen LogP contribution in [0.2, 0.25) is 0 Å². The van der Waals surface area contributed by atoms with Gasteiger partial charge in [0.25, 0.3) is 0 Å². The van der Waals surface area contributed by atoms with Crippen LogP contribution in [0.1, 0.15) is 17.7 Å². The Morgan fingerprint density at radius 1 is 1.12 bits per heavy atom. The molecular formula is C20H19FN2OS. The number of thiazole rings is 1. The molecule has 0 aliphatic rings. The average molecular weight is 354 g/mol. The molecule has 0 aliphatic carbocycles. The van der Waals surface area contributed by atoms with Crippen molar-refractivity contribution in [3.05, 3.63) is 77.1 Å². The third kappa shape index (κ3) is 4.73. The molecule has 3 aromatic rings. The van der Waals surface area contributed by atoms with Gasteiger partial charge in [-0.1, -0.05) is 30.3 Å². The van der Waals surface area contributed by atoms with Gasteiger partial charge in [0.15, 0.2) is 0 Å². The van der Waals surface area contributed by atoms with E-state index in [4.69, 9.17) is 0 Å². The molecular weight excluding hydrogens is 335 g/mol. The first kappa shape index (κ1) is 17.3. The number of hydrogen-bond acceptors (Lipinski definition) is 3. The van der Waals surface area contributed by atoms with E-state index in [0.29, 0.717) is 19.4 Å². The Morgan fingerprint density at radius 3 is 2.56 bits per heavy atom. The summed E-state index contributed by atoms with van der Waals surface area (Å²) in [5.74, 6) is -0.159. The highest BCUT2D eigenvalue weighted by Gasteiger charge is 2.11. The highest BCUT2D eigenvalue weighted by molar-refractivity contribution is 7.13. The number of aromatic nitrogens is 1. The van der Waals surface area contributed by atoms with E-state index in [1.54, 1.807) is 17.0 Å². The Balaban J connectivity index is 1.54. The number of carbonyl (C=O) groups excluding carboxylic acids is 1. The second-order valence-electron chi connectivity index (χ2n) is 5.89. The number of halogens is 1. The van der Waals surface area contributed by atoms with Crippen LogP contribution in [0.4, 0.5) is 4.39 Å². The van der Waals surface area contributed by atoms with Crippen LogP contribution in [0, 0.1) is 5.82 Å². The van der Waals surface area contributed by atoms with Crippen LogP contribution in [0.5, 0.6) is 0 Å². The first-order chi connectivity index (χ1) is 12.1. The van der Waals surface area contributed by atoms with E-state index < -0.39 is 0 Å². The molecule has 0 atom stereocenters. The summed E-state index contributed by atoms with van der Waals surface area (Å²) in [6.45, 7) is 0.609. The van der Waals surface area contributed by atoms with E-state index in [2.05, 4.69) is 4.98 Å². The van der Waals surface area contributed by atoms with Crippen molar-refractivity contribution in [2.75, 3.05) is 7.05 Å². The van der Waals surface area contributed by atoms with Gasteiger partial charge in [-0.3, -0.25) is 4.79 Å². The lowest BCUT2D eigenvalue weighted by Crippen LogP contribution is -2.26. The van der Waals surface area contributed by atoms with Crippen molar-refractivity contribution >= 4 is 17.2 Å². The topological polar surface area (TPSA) is 33.2 Å². The predicted octanol–water partition coefficient (Wildman–Crippen LogP) is 4.54. The minimum absolute atomic E-state index is 0.0974. The predicted molar refractivity (Wildman–Crippen MR) is 98.7 cm³/mol. The largest absolute Gasteiger partial charge is 0.341 e. The first-order valence-electron chi connectivity index (χ1n) is 8.10. The van der Waals surface area contributed by atoms with E-state index in [0.717, 1.165) is 21.8 Å². The molecule has 1 heterocycles. The summed E-state index contributed by atoms with van der Waals surface area (Å²) < 4.78 is 13.0. The van der Waals surface area contributed by atoms with E-state index in [1.165, 1.54) is 23.5 Å². The van der Waals surface area contributed by atoms with Gasteiger partial charge in [0, 0.05) is 31.0 Å². The zero-order chi connectivity index (χ0) is 17.6. The van der Waals surface area contributed by atoms with Crippen LogP contribution in [0.3, 0.4) is 0 Å². The number of nitrogens with zero attached hydrogens (tertiary/aromatic N) is 2. The lowest BCUT2D eigenvalue weighted by molar-refractivity contribution is -0.130. The molecule has 128 valence electrons. The zero-order valence-corrected chi connectivity index (χ0v) is 14.8. The molecule has 0 unspecified atom stereocenters. The molecule has 3 rings (SSSR count). The second kappa shape index (κ2) is 8.03. The number of amides is 1. The van der Waals surface area contributed by atoms with Gasteiger partial charge in [-0.05, 0) is 36.2 Å². The lowest BCUT2D eigenvalue weighted by Gasteiger charge is -2.17. The Morgan fingerprint density at radius 2 is 1.84 bits per heavy atom. The molecule has 1 aromatic heterocycles. The third-order valence-electron chi connectivity index (χ3n) is 3.93. The van der Waals surface area contributed by atoms with Crippen molar-refractivity contribution in [1.29, 1.82) is 0 Å². The first-order valence-corrected chi connectivity index (χ1v) is 8.98. The molecule has 0 aliphatic heterocycles. The van der Waals surface area contributed by atoms with Gasteiger partial charge >= 0.3 is 0 Å². The molecule has 0 saturated carbocycles. The molecule has 0 spiro atoms. The Kier molecular flexibility index (Phi) is 5.56. The monoisotopic (exact) mass is 354 g/mol. The number of aryl methyl sites for hydroxylation is 1. The van der Waals surface area contributed by atoms with E-state index in [9.17, 15) is 9.18 Å².